The molecule has 1 fully saturated rings. The second-order valence-corrected chi connectivity index (χ2v) is 13.1. The summed E-state index contributed by atoms with van der Waals surface area (Å²) in [5.74, 6) is -0.987. The number of halogens is 4. The van der Waals surface area contributed by atoms with Crippen LogP contribution in [0.3, 0.4) is 0 Å². The monoisotopic (exact) mass is 665 g/mol. The lowest BCUT2D eigenvalue weighted by Crippen LogP contribution is -2.26. The number of rotatable bonds is 12. The number of nitrogens with zero attached hydrogens (tertiary/aromatic N) is 2. The second kappa shape index (κ2) is 13.9. The standard InChI is InChI=1S/C30H31Cl2F2N5O4S/c1-43-9-8-35-14-17-2-4-22(10-17)37-30-36-15-19-11-18(3-6-24(19)38-30)27-23(33)5-7-25(29(27)34)39-44(41,42)26-13-21(31)12-20(16-40)28(26)32/h3,5-7,11-13,15,17,22,35,39-40H,2,4,8-10,14,16H2,1H3,(H,36,37,38)/t17-,22-/m1/s1. The molecule has 234 valence electrons. The minimum Gasteiger partial charge on any atom is -0.392 e. The second-order valence-electron chi connectivity index (χ2n) is 10.6. The number of aliphatic hydroxyl groups excluding tert-OH is 1. The van der Waals surface area contributed by atoms with Gasteiger partial charge in [0.1, 0.15) is 10.7 Å². The Morgan fingerprint density at radius 2 is 1.93 bits per heavy atom. The quantitative estimate of drug-likeness (QED) is 0.136. The van der Waals surface area contributed by atoms with Gasteiger partial charge >= 0.3 is 0 Å². The van der Waals surface area contributed by atoms with Crippen molar-refractivity contribution >= 4 is 55.8 Å². The Balaban J connectivity index is 1.34. The van der Waals surface area contributed by atoms with Crippen molar-refractivity contribution in [3.63, 3.8) is 0 Å². The van der Waals surface area contributed by atoms with Gasteiger partial charge in [-0.3, -0.25) is 4.72 Å². The van der Waals surface area contributed by atoms with E-state index in [2.05, 4.69) is 25.3 Å². The van der Waals surface area contributed by atoms with E-state index in [4.69, 9.17) is 27.9 Å². The van der Waals surface area contributed by atoms with Crippen LogP contribution in [0.5, 0.6) is 0 Å². The van der Waals surface area contributed by atoms with Crippen molar-refractivity contribution < 1.29 is 27.0 Å². The highest BCUT2D eigenvalue weighted by Crippen LogP contribution is 2.35. The number of benzene rings is 3. The summed E-state index contributed by atoms with van der Waals surface area (Å²) in [4.78, 5) is 8.54. The Morgan fingerprint density at radius 1 is 1.11 bits per heavy atom. The molecule has 0 amide bonds. The summed E-state index contributed by atoms with van der Waals surface area (Å²) in [6, 6.07) is 9.26. The molecule has 44 heavy (non-hydrogen) atoms. The molecule has 1 aromatic heterocycles. The van der Waals surface area contributed by atoms with E-state index in [-0.39, 0.29) is 27.2 Å². The summed E-state index contributed by atoms with van der Waals surface area (Å²) in [7, 11) is -2.79. The number of aliphatic hydroxyl groups is 1. The average Bonchev–Trinajstić information content (AvgIpc) is 3.44. The average molecular weight is 667 g/mol. The summed E-state index contributed by atoms with van der Waals surface area (Å²) in [5, 5.41) is 16.6. The zero-order valence-corrected chi connectivity index (χ0v) is 26.0. The van der Waals surface area contributed by atoms with Crippen molar-refractivity contribution in [2.45, 2.75) is 36.8 Å². The third kappa shape index (κ3) is 7.22. The van der Waals surface area contributed by atoms with Crippen molar-refractivity contribution in [3.05, 3.63) is 75.9 Å². The minimum atomic E-state index is -4.47. The topological polar surface area (TPSA) is 125 Å². The molecule has 9 nitrogen and oxygen atoms in total. The first-order valence-electron chi connectivity index (χ1n) is 13.9. The number of fused-ring (bicyclic) bond motifs is 1. The summed E-state index contributed by atoms with van der Waals surface area (Å²) in [6.07, 6.45) is 4.67. The number of aromatic nitrogens is 2. The molecule has 1 heterocycles. The van der Waals surface area contributed by atoms with Crippen LogP contribution in [0.1, 0.15) is 24.8 Å². The fourth-order valence-corrected chi connectivity index (χ4v) is 7.32. The van der Waals surface area contributed by atoms with Gasteiger partial charge in [-0.1, -0.05) is 29.3 Å². The largest absolute Gasteiger partial charge is 0.392 e. The van der Waals surface area contributed by atoms with E-state index in [1.165, 1.54) is 18.2 Å². The van der Waals surface area contributed by atoms with E-state index < -0.39 is 44.4 Å². The van der Waals surface area contributed by atoms with E-state index in [9.17, 15) is 17.9 Å². The van der Waals surface area contributed by atoms with Gasteiger partial charge in [0.2, 0.25) is 5.95 Å². The smallest absolute Gasteiger partial charge is 0.263 e. The molecule has 5 rings (SSSR count). The molecule has 0 bridgehead atoms. The van der Waals surface area contributed by atoms with Crippen LogP contribution >= 0.6 is 23.2 Å². The highest BCUT2D eigenvalue weighted by Gasteiger charge is 2.26. The molecule has 0 spiro atoms. The minimum absolute atomic E-state index is 0.00860. The van der Waals surface area contributed by atoms with Crippen LogP contribution in [-0.4, -0.2) is 56.3 Å². The first-order valence-corrected chi connectivity index (χ1v) is 16.2. The summed E-state index contributed by atoms with van der Waals surface area (Å²) >= 11 is 12.2. The van der Waals surface area contributed by atoms with Crippen LogP contribution in [0, 0.1) is 17.6 Å². The number of ether oxygens (including phenoxy) is 1. The van der Waals surface area contributed by atoms with Crippen molar-refractivity contribution in [3.8, 4) is 11.1 Å². The maximum Gasteiger partial charge on any atom is 0.263 e. The first-order chi connectivity index (χ1) is 21.1. The van der Waals surface area contributed by atoms with Crippen LogP contribution in [0.4, 0.5) is 20.4 Å². The van der Waals surface area contributed by atoms with Crippen LogP contribution in [0.25, 0.3) is 22.0 Å². The molecule has 1 aliphatic carbocycles. The zero-order chi connectivity index (χ0) is 31.4. The van der Waals surface area contributed by atoms with E-state index in [0.717, 1.165) is 50.6 Å². The van der Waals surface area contributed by atoms with E-state index in [1.807, 2.05) is 0 Å². The Hall–Kier alpha value is -3.13. The van der Waals surface area contributed by atoms with Crippen molar-refractivity contribution in [2.24, 2.45) is 5.92 Å². The molecule has 14 heteroatoms. The Bertz CT molecular complexity index is 1780. The maximum atomic E-state index is 15.7. The number of hydrogen-bond donors (Lipinski definition) is 4. The Kier molecular flexibility index (Phi) is 10.2. The summed E-state index contributed by atoms with van der Waals surface area (Å²) in [5.41, 5.74) is -0.105. The molecule has 0 saturated heterocycles. The van der Waals surface area contributed by atoms with Gasteiger partial charge in [-0.2, -0.15) is 0 Å². The van der Waals surface area contributed by atoms with Crippen LogP contribution in [0.15, 0.2) is 53.6 Å². The van der Waals surface area contributed by atoms with E-state index in [0.29, 0.717) is 29.4 Å². The molecular formula is C30H31Cl2F2N5O4S. The van der Waals surface area contributed by atoms with Gasteiger partial charge in [-0.05, 0) is 79.3 Å². The molecule has 2 atom stereocenters. The Morgan fingerprint density at radius 3 is 2.70 bits per heavy atom. The fourth-order valence-electron chi connectivity index (χ4n) is 5.34. The molecule has 0 unspecified atom stereocenters. The van der Waals surface area contributed by atoms with Crippen molar-refractivity contribution in [2.75, 3.05) is 36.8 Å². The van der Waals surface area contributed by atoms with Crippen LogP contribution in [-0.2, 0) is 21.4 Å². The lowest BCUT2D eigenvalue weighted by molar-refractivity contribution is 0.198. The molecular weight excluding hydrogens is 635 g/mol. The van der Waals surface area contributed by atoms with Gasteiger partial charge in [-0.25, -0.2) is 27.2 Å². The molecule has 4 aromatic rings. The number of nitrogens with one attached hydrogen (secondary N) is 3. The Labute approximate surface area is 264 Å². The SMILES string of the molecule is COCCNC[C@@H]1CC[C@@H](Nc2ncc3cc(-c4c(F)ccc(NS(=O)(=O)c5cc(Cl)cc(CO)c5Cl)c4F)ccc3n2)C1. The third-order valence-electron chi connectivity index (χ3n) is 7.53. The van der Waals surface area contributed by atoms with Crippen molar-refractivity contribution in [1.29, 1.82) is 0 Å². The van der Waals surface area contributed by atoms with Gasteiger partial charge in [0, 0.05) is 36.3 Å². The lowest BCUT2D eigenvalue weighted by Gasteiger charge is -2.15. The fraction of sp³-hybridized carbons (Fsp3) is 0.333. The maximum absolute atomic E-state index is 15.7. The highest BCUT2D eigenvalue weighted by molar-refractivity contribution is 7.92. The van der Waals surface area contributed by atoms with Crippen LogP contribution in [0.2, 0.25) is 10.0 Å². The van der Waals surface area contributed by atoms with Gasteiger partial charge < -0.3 is 20.5 Å². The van der Waals surface area contributed by atoms with E-state index >= 15 is 4.39 Å². The van der Waals surface area contributed by atoms with Gasteiger partial charge in [-0.15, -0.1) is 0 Å². The molecule has 0 aliphatic heterocycles. The van der Waals surface area contributed by atoms with Crippen LogP contribution < -0.4 is 15.4 Å². The molecule has 1 aliphatic rings. The van der Waals surface area contributed by atoms with Gasteiger partial charge in [0.15, 0.2) is 5.82 Å². The van der Waals surface area contributed by atoms with Crippen molar-refractivity contribution in [1.82, 2.24) is 15.3 Å². The van der Waals surface area contributed by atoms with E-state index in [1.54, 1.807) is 19.4 Å². The summed E-state index contributed by atoms with van der Waals surface area (Å²) < 4.78 is 64.1. The predicted octanol–water partition coefficient (Wildman–Crippen LogP) is 5.99. The number of methoxy groups -OCH3 is 1. The summed E-state index contributed by atoms with van der Waals surface area (Å²) in [6.45, 7) is 1.86. The third-order valence-corrected chi connectivity index (χ3v) is 9.70. The normalized spacial score (nSPS) is 16.9. The van der Waals surface area contributed by atoms with Gasteiger partial charge in [0.25, 0.3) is 10.0 Å². The number of anilines is 2. The number of sulfonamides is 1. The molecule has 3 aromatic carbocycles. The van der Waals surface area contributed by atoms with Gasteiger partial charge in [0.05, 0.1) is 35.0 Å². The predicted molar refractivity (Wildman–Crippen MR) is 168 cm³/mol. The molecule has 4 N–H and O–H groups in total. The molecule has 0 radical (unpaired) electrons. The zero-order valence-electron chi connectivity index (χ0n) is 23.7. The molecule has 1 saturated carbocycles. The highest BCUT2D eigenvalue weighted by atomic mass is 35.5. The number of hydrogen-bond acceptors (Lipinski definition) is 8. The first kappa shape index (κ1) is 32.3. The lowest BCUT2D eigenvalue weighted by atomic mass is 10.0.